The number of thioether (sulfide) groups is 1. The molecule has 168 valence electrons. The Bertz CT molecular complexity index is 1220. The molecule has 0 spiro atoms. The highest BCUT2D eigenvalue weighted by Crippen LogP contribution is 2.27. The molecule has 33 heavy (non-hydrogen) atoms. The van der Waals surface area contributed by atoms with E-state index in [1.54, 1.807) is 7.11 Å². The highest BCUT2D eigenvalue weighted by atomic mass is 32.2. The van der Waals surface area contributed by atoms with Crippen molar-refractivity contribution in [1.82, 2.24) is 14.8 Å². The van der Waals surface area contributed by atoms with Crippen molar-refractivity contribution >= 4 is 23.4 Å². The fourth-order valence-corrected chi connectivity index (χ4v) is 4.31. The summed E-state index contributed by atoms with van der Waals surface area (Å²) < 4.78 is 7.32. The number of amides is 1. The van der Waals surface area contributed by atoms with Crippen molar-refractivity contribution in [3.8, 4) is 17.1 Å². The standard InChI is InChI=1S/C26H26N4O2S/c1-18-8-7-9-19(2)24(18)27-23(31)17-33-26-29-28-25(21-12-14-22(32-3)15-13-21)30(26)16-20-10-5-4-6-11-20/h4-15H,16-17H2,1-3H3,(H,27,31). The van der Waals surface area contributed by atoms with Gasteiger partial charge in [0, 0.05) is 11.3 Å². The summed E-state index contributed by atoms with van der Waals surface area (Å²) in [6, 6.07) is 23.9. The zero-order valence-corrected chi connectivity index (χ0v) is 19.7. The van der Waals surface area contributed by atoms with Crippen LogP contribution in [-0.4, -0.2) is 33.5 Å². The molecule has 0 aliphatic rings. The molecule has 4 rings (SSSR count). The van der Waals surface area contributed by atoms with Crippen LogP contribution < -0.4 is 10.1 Å². The molecule has 6 nitrogen and oxygen atoms in total. The molecule has 0 bridgehead atoms. The quantitative estimate of drug-likeness (QED) is 0.361. The van der Waals surface area contributed by atoms with E-state index in [1.807, 2.05) is 79.1 Å². The summed E-state index contributed by atoms with van der Waals surface area (Å²) in [7, 11) is 1.64. The van der Waals surface area contributed by atoms with E-state index in [9.17, 15) is 4.79 Å². The van der Waals surface area contributed by atoms with Crippen LogP contribution in [0.1, 0.15) is 16.7 Å². The minimum Gasteiger partial charge on any atom is -0.497 e. The molecule has 0 unspecified atom stereocenters. The van der Waals surface area contributed by atoms with Crippen molar-refractivity contribution in [3.63, 3.8) is 0 Å². The van der Waals surface area contributed by atoms with Gasteiger partial charge in [0.05, 0.1) is 19.4 Å². The van der Waals surface area contributed by atoms with E-state index in [4.69, 9.17) is 4.74 Å². The molecule has 0 atom stereocenters. The van der Waals surface area contributed by atoms with Crippen LogP contribution in [0.25, 0.3) is 11.4 Å². The molecule has 0 saturated carbocycles. The summed E-state index contributed by atoms with van der Waals surface area (Å²) in [4.78, 5) is 12.7. The molecule has 1 amide bonds. The van der Waals surface area contributed by atoms with Gasteiger partial charge in [-0.1, -0.05) is 60.3 Å². The van der Waals surface area contributed by atoms with Gasteiger partial charge in [0.2, 0.25) is 5.91 Å². The lowest BCUT2D eigenvalue weighted by molar-refractivity contribution is -0.113. The first-order chi connectivity index (χ1) is 16.0. The van der Waals surface area contributed by atoms with Crippen LogP contribution in [0.15, 0.2) is 78.0 Å². The summed E-state index contributed by atoms with van der Waals surface area (Å²) >= 11 is 1.38. The van der Waals surface area contributed by atoms with E-state index in [-0.39, 0.29) is 11.7 Å². The number of hydrogen-bond donors (Lipinski definition) is 1. The number of carbonyl (C=O) groups is 1. The second-order valence-corrected chi connectivity index (χ2v) is 8.65. The average Bonchev–Trinajstić information content (AvgIpc) is 3.23. The first-order valence-corrected chi connectivity index (χ1v) is 11.6. The van der Waals surface area contributed by atoms with Crippen LogP contribution in [0.3, 0.4) is 0 Å². The van der Waals surface area contributed by atoms with Crippen molar-refractivity contribution in [2.24, 2.45) is 0 Å². The predicted molar refractivity (Wildman–Crippen MR) is 133 cm³/mol. The third kappa shape index (κ3) is 5.43. The Morgan fingerprint density at radius 2 is 1.64 bits per heavy atom. The SMILES string of the molecule is COc1ccc(-c2nnc(SCC(=O)Nc3c(C)cccc3C)n2Cc2ccccc2)cc1. The average molecular weight is 459 g/mol. The van der Waals surface area contributed by atoms with E-state index in [1.165, 1.54) is 11.8 Å². The zero-order valence-electron chi connectivity index (χ0n) is 18.9. The molecule has 1 N–H and O–H groups in total. The smallest absolute Gasteiger partial charge is 0.234 e. The summed E-state index contributed by atoms with van der Waals surface area (Å²) in [6.07, 6.45) is 0. The van der Waals surface area contributed by atoms with Gasteiger partial charge in [-0.05, 0) is 54.8 Å². The Balaban J connectivity index is 1.56. The van der Waals surface area contributed by atoms with E-state index < -0.39 is 0 Å². The maximum absolute atomic E-state index is 12.7. The molecule has 7 heteroatoms. The number of nitrogens with zero attached hydrogens (tertiary/aromatic N) is 3. The number of carbonyl (C=O) groups excluding carboxylic acids is 1. The summed E-state index contributed by atoms with van der Waals surface area (Å²) in [5.41, 5.74) is 5.03. The number of hydrogen-bond acceptors (Lipinski definition) is 5. The van der Waals surface area contributed by atoms with Crippen molar-refractivity contribution in [2.75, 3.05) is 18.2 Å². The Hall–Kier alpha value is -3.58. The predicted octanol–water partition coefficient (Wildman–Crippen LogP) is 5.35. The van der Waals surface area contributed by atoms with E-state index >= 15 is 0 Å². The van der Waals surface area contributed by atoms with E-state index in [0.717, 1.165) is 39.5 Å². The molecular weight excluding hydrogens is 432 g/mol. The lowest BCUT2D eigenvalue weighted by Gasteiger charge is -2.12. The number of anilines is 1. The van der Waals surface area contributed by atoms with Gasteiger partial charge in [0.15, 0.2) is 11.0 Å². The van der Waals surface area contributed by atoms with Gasteiger partial charge in [-0.3, -0.25) is 9.36 Å². The molecule has 4 aromatic rings. The Labute approximate surface area is 198 Å². The number of methoxy groups -OCH3 is 1. The third-order valence-corrected chi connectivity index (χ3v) is 6.29. The highest BCUT2D eigenvalue weighted by molar-refractivity contribution is 7.99. The van der Waals surface area contributed by atoms with Gasteiger partial charge < -0.3 is 10.1 Å². The van der Waals surface area contributed by atoms with Crippen LogP contribution in [0.5, 0.6) is 5.75 Å². The minimum atomic E-state index is -0.0716. The maximum Gasteiger partial charge on any atom is 0.234 e. The molecule has 0 aliphatic heterocycles. The second-order valence-electron chi connectivity index (χ2n) is 7.71. The van der Waals surface area contributed by atoms with Crippen LogP contribution >= 0.6 is 11.8 Å². The van der Waals surface area contributed by atoms with Gasteiger partial charge in [-0.25, -0.2) is 0 Å². The van der Waals surface area contributed by atoms with Crippen molar-refractivity contribution in [1.29, 1.82) is 0 Å². The molecule has 0 saturated heterocycles. The van der Waals surface area contributed by atoms with Crippen molar-refractivity contribution in [2.45, 2.75) is 25.5 Å². The fraction of sp³-hybridized carbons (Fsp3) is 0.192. The first kappa shape index (κ1) is 22.6. The monoisotopic (exact) mass is 458 g/mol. The van der Waals surface area contributed by atoms with Gasteiger partial charge in [0.25, 0.3) is 0 Å². The van der Waals surface area contributed by atoms with Crippen LogP contribution in [0.4, 0.5) is 5.69 Å². The van der Waals surface area contributed by atoms with E-state index in [0.29, 0.717) is 11.7 Å². The number of aromatic nitrogens is 3. The molecule has 0 radical (unpaired) electrons. The normalized spacial score (nSPS) is 10.8. The van der Waals surface area contributed by atoms with Gasteiger partial charge in [-0.15, -0.1) is 10.2 Å². The number of rotatable bonds is 8. The topological polar surface area (TPSA) is 69.0 Å². The molecular formula is C26H26N4O2S. The number of nitrogens with one attached hydrogen (secondary N) is 1. The Kier molecular flexibility index (Phi) is 7.10. The summed E-state index contributed by atoms with van der Waals surface area (Å²) in [5.74, 6) is 1.70. The number of benzene rings is 3. The summed E-state index contributed by atoms with van der Waals surface area (Å²) in [5, 5.41) is 12.6. The van der Waals surface area contributed by atoms with Gasteiger partial charge in [-0.2, -0.15) is 0 Å². The lowest BCUT2D eigenvalue weighted by Crippen LogP contribution is -2.16. The zero-order chi connectivity index (χ0) is 23.2. The van der Waals surface area contributed by atoms with E-state index in [2.05, 4.69) is 27.6 Å². The number of ether oxygens (including phenoxy) is 1. The Morgan fingerprint density at radius 1 is 0.939 bits per heavy atom. The van der Waals surface area contributed by atoms with Crippen LogP contribution in [-0.2, 0) is 11.3 Å². The van der Waals surface area contributed by atoms with Crippen molar-refractivity contribution < 1.29 is 9.53 Å². The first-order valence-electron chi connectivity index (χ1n) is 10.7. The molecule has 3 aromatic carbocycles. The lowest BCUT2D eigenvalue weighted by atomic mass is 10.1. The molecule has 0 fully saturated rings. The number of para-hydroxylation sites is 1. The van der Waals surface area contributed by atoms with Gasteiger partial charge in [0.1, 0.15) is 5.75 Å². The maximum atomic E-state index is 12.7. The highest BCUT2D eigenvalue weighted by Gasteiger charge is 2.17. The molecule has 1 aromatic heterocycles. The van der Waals surface area contributed by atoms with Gasteiger partial charge >= 0.3 is 0 Å². The minimum absolute atomic E-state index is 0.0716. The Morgan fingerprint density at radius 3 is 2.30 bits per heavy atom. The largest absolute Gasteiger partial charge is 0.497 e. The van der Waals surface area contributed by atoms with Crippen molar-refractivity contribution in [3.05, 3.63) is 89.5 Å². The van der Waals surface area contributed by atoms with Crippen LogP contribution in [0, 0.1) is 13.8 Å². The van der Waals surface area contributed by atoms with Crippen LogP contribution in [0.2, 0.25) is 0 Å². The summed E-state index contributed by atoms with van der Waals surface area (Å²) in [6.45, 7) is 4.59. The molecule has 0 aliphatic carbocycles. The number of aryl methyl sites for hydroxylation is 2. The molecule has 1 heterocycles. The second kappa shape index (κ2) is 10.4. The third-order valence-electron chi connectivity index (χ3n) is 5.33. The fourth-order valence-electron chi connectivity index (χ4n) is 3.57.